The van der Waals surface area contributed by atoms with E-state index in [2.05, 4.69) is 4.81 Å². The molecule has 0 N–H and O–H groups in total. The molecular weight excluding hydrogens is 109 g/mol. The van der Waals surface area contributed by atoms with Crippen molar-refractivity contribution in [1.29, 1.82) is 0 Å². The SMILES string of the molecule is C1CCN2CCCB2C1. The monoisotopic (exact) mass is 123 g/mol. The van der Waals surface area contributed by atoms with Crippen LogP contribution in [-0.4, -0.2) is 24.7 Å². The zero-order valence-corrected chi connectivity index (χ0v) is 5.97. The number of rotatable bonds is 0. The third-order valence-electron chi connectivity index (χ3n) is 2.73. The molecule has 0 unspecified atom stereocenters. The van der Waals surface area contributed by atoms with Gasteiger partial charge in [0.25, 0.3) is 0 Å². The molecule has 0 aliphatic carbocycles. The molecular formula is C7H14BN. The average Bonchev–Trinajstić information content (AvgIpc) is 2.33. The molecule has 0 saturated carbocycles. The summed E-state index contributed by atoms with van der Waals surface area (Å²) in [5.74, 6) is 0. The first-order valence-corrected chi connectivity index (χ1v) is 4.21. The van der Waals surface area contributed by atoms with Gasteiger partial charge in [0, 0.05) is 0 Å². The number of nitrogens with zero attached hydrogens (tertiary/aromatic N) is 1. The quantitative estimate of drug-likeness (QED) is 0.441. The first-order chi connectivity index (χ1) is 4.47. The second-order valence-electron chi connectivity index (χ2n) is 3.33. The summed E-state index contributed by atoms with van der Waals surface area (Å²) < 4.78 is 0. The maximum Gasteiger partial charge on any atom is 0.223 e. The van der Waals surface area contributed by atoms with Gasteiger partial charge >= 0.3 is 0 Å². The summed E-state index contributed by atoms with van der Waals surface area (Å²) in [7, 11) is 0. The highest BCUT2D eigenvalue weighted by atomic mass is 15.1. The van der Waals surface area contributed by atoms with E-state index in [1.54, 1.807) is 0 Å². The molecule has 0 aromatic carbocycles. The maximum absolute atomic E-state index is 2.67. The Morgan fingerprint density at radius 3 is 2.56 bits per heavy atom. The molecule has 2 fully saturated rings. The lowest BCUT2D eigenvalue weighted by Gasteiger charge is -2.26. The molecule has 2 aliphatic heterocycles. The minimum atomic E-state index is 0.999. The van der Waals surface area contributed by atoms with Gasteiger partial charge in [-0.05, 0) is 25.9 Å². The van der Waals surface area contributed by atoms with E-state index in [1.807, 2.05) is 0 Å². The van der Waals surface area contributed by atoms with Crippen molar-refractivity contribution in [2.75, 3.05) is 13.1 Å². The summed E-state index contributed by atoms with van der Waals surface area (Å²) >= 11 is 0. The topological polar surface area (TPSA) is 3.24 Å². The van der Waals surface area contributed by atoms with Crippen LogP contribution in [0.25, 0.3) is 0 Å². The van der Waals surface area contributed by atoms with Crippen LogP contribution in [0.4, 0.5) is 0 Å². The van der Waals surface area contributed by atoms with Gasteiger partial charge in [-0.3, -0.25) is 0 Å². The van der Waals surface area contributed by atoms with E-state index in [9.17, 15) is 0 Å². The lowest BCUT2D eigenvalue weighted by molar-refractivity contribution is 0.427. The molecule has 0 aromatic heterocycles. The molecule has 2 saturated heterocycles. The summed E-state index contributed by atoms with van der Waals surface area (Å²) in [5.41, 5.74) is 0. The van der Waals surface area contributed by atoms with Gasteiger partial charge < -0.3 is 4.81 Å². The van der Waals surface area contributed by atoms with Crippen LogP contribution in [0, 0.1) is 0 Å². The van der Waals surface area contributed by atoms with Gasteiger partial charge in [0.2, 0.25) is 6.85 Å². The zero-order valence-electron chi connectivity index (χ0n) is 5.97. The fraction of sp³-hybridized carbons (Fsp3) is 1.00. The Balaban J connectivity index is 1.97. The van der Waals surface area contributed by atoms with E-state index < -0.39 is 0 Å². The number of hydrogen-bond acceptors (Lipinski definition) is 1. The third-order valence-corrected chi connectivity index (χ3v) is 2.73. The summed E-state index contributed by atoms with van der Waals surface area (Å²) in [6, 6.07) is 0. The van der Waals surface area contributed by atoms with Gasteiger partial charge in [-0.1, -0.05) is 19.1 Å². The lowest BCUT2D eigenvalue weighted by atomic mass is 9.54. The Morgan fingerprint density at radius 2 is 1.67 bits per heavy atom. The van der Waals surface area contributed by atoms with Crippen LogP contribution in [0.15, 0.2) is 0 Å². The fourth-order valence-corrected chi connectivity index (χ4v) is 2.21. The second-order valence-corrected chi connectivity index (χ2v) is 3.33. The predicted octanol–water partition coefficient (Wildman–Crippen LogP) is 1.48. The van der Waals surface area contributed by atoms with Crippen LogP contribution >= 0.6 is 0 Å². The van der Waals surface area contributed by atoms with Gasteiger partial charge in [-0.25, -0.2) is 0 Å². The highest BCUT2D eigenvalue weighted by molar-refractivity contribution is 6.56. The minimum absolute atomic E-state index is 0.999. The standard InChI is InChI=1S/C7H14BN/c1-2-6-9-7-3-5-8(9)4-1/h1-7H2. The summed E-state index contributed by atoms with van der Waals surface area (Å²) in [4.78, 5) is 2.67. The maximum atomic E-state index is 2.67. The average molecular weight is 123 g/mol. The highest BCUT2D eigenvalue weighted by Gasteiger charge is 2.29. The van der Waals surface area contributed by atoms with E-state index in [0.717, 1.165) is 6.85 Å². The summed E-state index contributed by atoms with van der Waals surface area (Å²) in [6.45, 7) is 3.79. The van der Waals surface area contributed by atoms with Gasteiger partial charge in [0.15, 0.2) is 0 Å². The van der Waals surface area contributed by atoms with Gasteiger partial charge in [-0.15, -0.1) is 0 Å². The molecule has 2 heterocycles. The molecule has 0 atom stereocenters. The van der Waals surface area contributed by atoms with Crippen molar-refractivity contribution in [1.82, 2.24) is 4.81 Å². The van der Waals surface area contributed by atoms with Crippen LogP contribution in [0.2, 0.25) is 12.6 Å². The molecule has 2 rings (SSSR count). The van der Waals surface area contributed by atoms with E-state index in [0.29, 0.717) is 0 Å². The molecule has 0 bridgehead atoms. The molecule has 0 aromatic rings. The normalized spacial score (nSPS) is 28.7. The van der Waals surface area contributed by atoms with Crippen molar-refractivity contribution in [3.63, 3.8) is 0 Å². The van der Waals surface area contributed by atoms with E-state index >= 15 is 0 Å². The smallest absolute Gasteiger partial charge is 0.223 e. The van der Waals surface area contributed by atoms with Crippen molar-refractivity contribution in [2.45, 2.75) is 31.9 Å². The molecule has 50 valence electrons. The fourth-order valence-electron chi connectivity index (χ4n) is 2.21. The molecule has 2 aliphatic rings. The Hall–Kier alpha value is 0.0249. The minimum Gasteiger partial charge on any atom is -0.342 e. The van der Waals surface area contributed by atoms with Crippen molar-refractivity contribution in [3.8, 4) is 0 Å². The van der Waals surface area contributed by atoms with Crippen LogP contribution in [0.3, 0.4) is 0 Å². The van der Waals surface area contributed by atoms with Crippen LogP contribution in [0.1, 0.15) is 19.3 Å². The largest absolute Gasteiger partial charge is 0.342 e. The van der Waals surface area contributed by atoms with E-state index in [4.69, 9.17) is 0 Å². The Labute approximate surface area is 57.5 Å². The Morgan fingerprint density at radius 1 is 0.889 bits per heavy atom. The molecule has 0 spiro atoms. The second kappa shape index (κ2) is 2.33. The van der Waals surface area contributed by atoms with E-state index in [1.165, 1.54) is 45.0 Å². The van der Waals surface area contributed by atoms with Gasteiger partial charge in [-0.2, -0.15) is 0 Å². The lowest BCUT2D eigenvalue weighted by Crippen LogP contribution is -2.37. The van der Waals surface area contributed by atoms with Crippen molar-refractivity contribution < 1.29 is 0 Å². The number of hydrogen-bond donors (Lipinski definition) is 0. The Kier molecular flexibility index (Phi) is 1.50. The summed E-state index contributed by atoms with van der Waals surface area (Å²) in [5, 5.41) is 0. The summed E-state index contributed by atoms with van der Waals surface area (Å²) in [6.07, 6.45) is 7.38. The van der Waals surface area contributed by atoms with Gasteiger partial charge in [0.1, 0.15) is 0 Å². The van der Waals surface area contributed by atoms with Crippen molar-refractivity contribution in [3.05, 3.63) is 0 Å². The van der Waals surface area contributed by atoms with Gasteiger partial charge in [0.05, 0.1) is 0 Å². The molecule has 2 heteroatoms. The predicted molar refractivity (Wildman–Crippen MR) is 40.8 cm³/mol. The molecule has 0 amide bonds. The zero-order chi connectivity index (χ0) is 6.10. The first-order valence-electron chi connectivity index (χ1n) is 4.21. The Bertz CT molecular complexity index is 93.1. The van der Waals surface area contributed by atoms with Crippen molar-refractivity contribution in [2.24, 2.45) is 0 Å². The number of fused-ring (bicyclic) bond motifs is 1. The highest BCUT2D eigenvalue weighted by Crippen LogP contribution is 2.24. The van der Waals surface area contributed by atoms with Crippen LogP contribution < -0.4 is 0 Å². The molecule has 1 nitrogen and oxygen atoms in total. The van der Waals surface area contributed by atoms with Crippen LogP contribution in [0.5, 0.6) is 0 Å². The molecule has 9 heavy (non-hydrogen) atoms. The van der Waals surface area contributed by atoms with E-state index in [-0.39, 0.29) is 0 Å². The molecule has 0 radical (unpaired) electrons. The van der Waals surface area contributed by atoms with Crippen molar-refractivity contribution >= 4 is 6.85 Å². The third kappa shape index (κ3) is 1.01. The van der Waals surface area contributed by atoms with Crippen LogP contribution in [-0.2, 0) is 0 Å². The first kappa shape index (κ1) is 5.78.